The van der Waals surface area contributed by atoms with Gasteiger partial charge in [0.1, 0.15) is 17.2 Å². The highest BCUT2D eigenvalue weighted by atomic mass is 19.4. The van der Waals surface area contributed by atoms with Crippen LogP contribution in [0.25, 0.3) is 0 Å². The van der Waals surface area contributed by atoms with E-state index in [1.165, 1.54) is 32.1 Å². The smallest absolute Gasteiger partial charge is 0.373 e. The third kappa shape index (κ3) is 4.21. The first kappa shape index (κ1) is 19.6. The van der Waals surface area contributed by atoms with Crippen molar-refractivity contribution in [1.29, 1.82) is 0 Å². The molecule has 6 heteroatoms. The second kappa shape index (κ2) is 7.83. The number of hydrogen-bond donors (Lipinski definition) is 0. The molecule has 2 unspecified atom stereocenters. The van der Waals surface area contributed by atoms with Crippen LogP contribution < -0.4 is 0 Å². The van der Waals surface area contributed by atoms with Crippen LogP contribution in [0.2, 0.25) is 0 Å². The molecule has 1 aromatic rings. The largest absolute Gasteiger partial charge is 0.422 e. The molecule has 3 rings (SSSR count). The van der Waals surface area contributed by atoms with Gasteiger partial charge in [0.15, 0.2) is 0 Å². The van der Waals surface area contributed by atoms with Gasteiger partial charge in [-0.25, -0.2) is 8.78 Å². The topological polar surface area (TPSA) is 9.23 Å². The molecule has 0 bridgehead atoms. The summed E-state index contributed by atoms with van der Waals surface area (Å²) in [4.78, 5) is 0. The molecule has 1 aromatic carbocycles. The predicted octanol–water partition coefficient (Wildman–Crippen LogP) is 6.67. The molecule has 1 saturated heterocycles. The Bertz CT molecular complexity index is 588. The van der Waals surface area contributed by atoms with E-state index in [1.54, 1.807) is 0 Å². The molecule has 1 aliphatic heterocycles. The Hall–Kier alpha value is -1.17. The van der Waals surface area contributed by atoms with E-state index in [-0.39, 0.29) is 5.56 Å². The zero-order valence-electron chi connectivity index (χ0n) is 14.9. The zero-order valence-corrected chi connectivity index (χ0v) is 14.9. The molecule has 0 radical (unpaired) electrons. The van der Waals surface area contributed by atoms with E-state index < -0.39 is 29.5 Å². The van der Waals surface area contributed by atoms with Gasteiger partial charge in [-0.05, 0) is 61.1 Å². The maximum absolute atomic E-state index is 13.8. The van der Waals surface area contributed by atoms with Crippen molar-refractivity contribution in [1.82, 2.24) is 0 Å². The van der Waals surface area contributed by atoms with Crippen molar-refractivity contribution in [3.8, 4) is 0 Å². The van der Waals surface area contributed by atoms with Crippen LogP contribution in [0.3, 0.4) is 0 Å². The summed E-state index contributed by atoms with van der Waals surface area (Å²) >= 11 is 0. The molecule has 1 nitrogen and oxygen atoms in total. The van der Waals surface area contributed by atoms with Crippen molar-refractivity contribution in [3.63, 3.8) is 0 Å². The average molecular weight is 376 g/mol. The Morgan fingerprint density at radius 2 is 1.50 bits per heavy atom. The second-order valence-corrected chi connectivity index (χ2v) is 7.71. The maximum Gasteiger partial charge on any atom is 0.422 e. The highest BCUT2D eigenvalue weighted by Crippen LogP contribution is 2.42. The van der Waals surface area contributed by atoms with Crippen LogP contribution in [0.1, 0.15) is 69.1 Å². The van der Waals surface area contributed by atoms with Crippen LogP contribution in [0.15, 0.2) is 12.1 Å². The predicted molar refractivity (Wildman–Crippen MR) is 88.5 cm³/mol. The van der Waals surface area contributed by atoms with E-state index >= 15 is 0 Å². The molecule has 0 spiro atoms. The summed E-state index contributed by atoms with van der Waals surface area (Å²) in [7, 11) is 0. The Labute approximate surface area is 150 Å². The van der Waals surface area contributed by atoms with E-state index in [2.05, 4.69) is 6.92 Å². The molecule has 2 fully saturated rings. The number of alkyl halides is 3. The summed E-state index contributed by atoms with van der Waals surface area (Å²) in [6.45, 7) is 2.73. The normalized spacial score (nSPS) is 30.4. The summed E-state index contributed by atoms with van der Waals surface area (Å²) in [6.07, 6.45) is 2.00. The van der Waals surface area contributed by atoms with Crippen molar-refractivity contribution in [2.45, 2.75) is 64.1 Å². The van der Waals surface area contributed by atoms with Gasteiger partial charge in [-0.3, -0.25) is 0 Å². The van der Waals surface area contributed by atoms with Crippen molar-refractivity contribution in [2.75, 3.05) is 6.61 Å². The molecule has 0 aromatic heterocycles. The lowest BCUT2D eigenvalue weighted by Crippen LogP contribution is -2.29. The maximum atomic E-state index is 13.8. The summed E-state index contributed by atoms with van der Waals surface area (Å²) in [5.74, 6) is -1.26. The van der Waals surface area contributed by atoms with Gasteiger partial charge < -0.3 is 4.74 Å². The third-order valence-corrected chi connectivity index (χ3v) is 6.17. The second-order valence-electron chi connectivity index (χ2n) is 7.71. The SMILES string of the molecule is CCC1CCC(C2CCC(c3cc(F)c(C(F)(F)F)c(F)c3)OC2)CC1. The molecule has 0 N–H and O–H groups in total. The van der Waals surface area contributed by atoms with Gasteiger partial charge in [0.2, 0.25) is 0 Å². The van der Waals surface area contributed by atoms with Crippen LogP contribution in [-0.2, 0) is 10.9 Å². The lowest BCUT2D eigenvalue weighted by Gasteiger charge is -2.38. The molecule has 2 atom stereocenters. The minimum absolute atomic E-state index is 0.154. The fourth-order valence-electron chi connectivity index (χ4n) is 4.52. The number of hydrogen-bond acceptors (Lipinski definition) is 1. The van der Waals surface area contributed by atoms with E-state index in [4.69, 9.17) is 4.74 Å². The minimum Gasteiger partial charge on any atom is -0.373 e. The van der Waals surface area contributed by atoms with Gasteiger partial charge in [0, 0.05) is 0 Å². The van der Waals surface area contributed by atoms with Crippen molar-refractivity contribution >= 4 is 0 Å². The Kier molecular flexibility index (Phi) is 5.90. The number of benzene rings is 1. The fourth-order valence-corrected chi connectivity index (χ4v) is 4.52. The number of halogens is 5. The Morgan fingerprint density at radius 3 is 1.96 bits per heavy atom. The quantitative estimate of drug-likeness (QED) is 0.536. The molecule has 0 amide bonds. The Morgan fingerprint density at radius 1 is 0.923 bits per heavy atom. The molecular weight excluding hydrogens is 351 g/mol. The van der Waals surface area contributed by atoms with Crippen LogP contribution in [0, 0.1) is 29.4 Å². The van der Waals surface area contributed by atoms with Crippen LogP contribution >= 0.6 is 0 Å². The van der Waals surface area contributed by atoms with E-state index in [1.807, 2.05) is 0 Å². The molecule has 26 heavy (non-hydrogen) atoms. The molecule has 1 aliphatic carbocycles. The van der Waals surface area contributed by atoms with Gasteiger partial charge in [0.05, 0.1) is 12.7 Å². The number of ether oxygens (including phenoxy) is 1. The van der Waals surface area contributed by atoms with Gasteiger partial charge in [0.25, 0.3) is 0 Å². The lowest BCUT2D eigenvalue weighted by atomic mass is 9.73. The van der Waals surface area contributed by atoms with Gasteiger partial charge in [-0.1, -0.05) is 26.2 Å². The first-order valence-electron chi connectivity index (χ1n) is 9.47. The lowest BCUT2D eigenvalue weighted by molar-refractivity contribution is -0.142. The standard InChI is InChI=1S/C20H25F5O/c1-2-12-3-5-13(6-4-12)14-7-8-18(26-11-14)15-9-16(21)19(17(22)10-15)20(23,24)25/h9-10,12-14,18H,2-8,11H2,1H3. The average Bonchev–Trinajstić information content (AvgIpc) is 2.60. The minimum atomic E-state index is -5.04. The zero-order chi connectivity index (χ0) is 18.9. The van der Waals surface area contributed by atoms with Crippen molar-refractivity contribution in [2.24, 2.45) is 17.8 Å². The monoisotopic (exact) mass is 376 g/mol. The van der Waals surface area contributed by atoms with Gasteiger partial charge in [-0.2, -0.15) is 13.2 Å². The Balaban J connectivity index is 1.62. The fraction of sp³-hybridized carbons (Fsp3) is 0.700. The van der Waals surface area contributed by atoms with Crippen LogP contribution in [-0.4, -0.2) is 6.61 Å². The van der Waals surface area contributed by atoms with Gasteiger partial charge >= 0.3 is 6.18 Å². The third-order valence-electron chi connectivity index (χ3n) is 6.17. The summed E-state index contributed by atoms with van der Waals surface area (Å²) in [5, 5.41) is 0. The molecule has 146 valence electrons. The summed E-state index contributed by atoms with van der Waals surface area (Å²) in [5.41, 5.74) is -1.68. The number of rotatable bonds is 3. The molecule has 1 saturated carbocycles. The first-order valence-corrected chi connectivity index (χ1v) is 9.47. The highest BCUT2D eigenvalue weighted by molar-refractivity contribution is 5.30. The first-order chi connectivity index (χ1) is 12.3. The molecular formula is C20H25F5O. The van der Waals surface area contributed by atoms with E-state index in [0.717, 1.165) is 24.5 Å². The van der Waals surface area contributed by atoms with Crippen molar-refractivity contribution < 1.29 is 26.7 Å². The van der Waals surface area contributed by atoms with Crippen LogP contribution in [0.5, 0.6) is 0 Å². The van der Waals surface area contributed by atoms with Crippen LogP contribution in [0.4, 0.5) is 22.0 Å². The summed E-state index contributed by atoms with van der Waals surface area (Å²) < 4.78 is 71.4. The van der Waals surface area contributed by atoms with Gasteiger partial charge in [-0.15, -0.1) is 0 Å². The summed E-state index contributed by atoms with van der Waals surface area (Å²) in [6, 6.07) is 1.53. The van der Waals surface area contributed by atoms with Crippen molar-refractivity contribution in [3.05, 3.63) is 34.9 Å². The van der Waals surface area contributed by atoms with E-state index in [9.17, 15) is 22.0 Å². The van der Waals surface area contributed by atoms with E-state index in [0.29, 0.717) is 24.9 Å². The molecule has 2 aliphatic rings. The molecule has 1 heterocycles. The highest BCUT2D eigenvalue weighted by Gasteiger charge is 2.39.